The number of benzene rings is 6. The Kier molecular flexibility index (Phi) is 9.83. The van der Waals surface area contributed by atoms with Crippen LogP contribution in [0, 0.1) is 13.8 Å². The molecule has 0 N–H and O–H groups in total. The number of rotatable bonds is 10. The zero-order chi connectivity index (χ0) is 30.1. The maximum Gasteiger partial charge on any atom is 0.138 e. The van der Waals surface area contributed by atoms with Crippen molar-refractivity contribution in [3.05, 3.63) is 106 Å². The molecule has 0 aliphatic carbocycles. The standard InChI is InChI=1S/C38H34Br4O/c1-23-11-13-31-29(15-19-39)25-7-3-5-9-27(25)33(17-21-41)35(31)37(23)43-38-24(2)12-14-32-30(16-20-40)26-8-4-6-10-28(26)34(18-22-42)36(32)38/h3-14H,15-22H2,1-2H3. The molecule has 0 radical (unpaired) electrons. The van der Waals surface area contributed by atoms with E-state index in [1.54, 1.807) is 0 Å². The summed E-state index contributed by atoms with van der Waals surface area (Å²) in [5.74, 6) is 1.95. The van der Waals surface area contributed by atoms with Crippen molar-refractivity contribution in [2.45, 2.75) is 39.5 Å². The first-order chi connectivity index (χ1) is 21.0. The third kappa shape index (κ3) is 5.58. The van der Waals surface area contributed by atoms with Crippen LogP contribution in [0.25, 0.3) is 43.1 Å². The van der Waals surface area contributed by atoms with Crippen molar-refractivity contribution in [1.82, 2.24) is 0 Å². The second-order valence-electron chi connectivity index (χ2n) is 11.1. The van der Waals surface area contributed by atoms with E-state index < -0.39 is 0 Å². The SMILES string of the molecule is Cc1ccc2c(CCBr)c3ccccc3c(CCBr)c2c1Oc1c(C)ccc2c(CCBr)c3ccccc3c(CCBr)c12. The Morgan fingerprint density at radius 2 is 0.744 bits per heavy atom. The summed E-state index contributed by atoms with van der Waals surface area (Å²) in [4.78, 5) is 0. The van der Waals surface area contributed by atoms with E-state index in [0.717, 1.165) is 69.6 Å². The summed E-state index contributed by atoms with van der Waals surface area (Å²) in [7, 11) is 0. The average molecular weight is 826 g/mol. The monoisotopic (exact) mass is 822 g/mol. The quantitative estimate of drug-likeness (QED) is 0.0988. The highest BCUT2D eigenvalue weighted by atomic mass is 79.9. The minimum Gasteiger partial charge on any atom is -0.455 e. The molecule has 0 heterocycles. The first-order valence-corrected chi connectivity index (χ1v) is 19.4. The van der Waals surface area contributed by atoms with Crippen LogP contribution in [0.4, 0.5) is 0 Å². The number of hydrogen-bond donors (Lipinski definition) is 0. The third-order valence-electron chi connectivity index (χ3n) is 8.70. The van der Waals surface area contributed by atoms with E-state index in [9.17, 15) is 0 Å². The normalized spacial score (nSPS) is 11.8. The Bertz CT molecular complexity index is 1830. The molecule has 43 heavy (non-hydrogen) atoms. The van der Waals surface area contributed by atoms with Gasteiger partial charge in [-0.15, -0.1) is 0 Å². The molecule has 0 aliphatic rings. The second-order valence-corrected chi connectivity index (χ2v) is 14.3. The lowest BCUT2D eigenvalue weighted by Gasteiger charge is -2.23. The van der Waals surface area contributed by atoms with Crippen molar-refractivity contribution in [2.75, 3.05) is 21.3 Å². The summed E-state index contributed by atoms with van der Waals surface area (Å²) in [6, 6.07) is 26.9. The summed E-state index contributed by atoms with van der Waals surface area (Å²) in [5, 5.41) is 14.0. The van der Waals surface area contributed by atoms with Gasteiger partial charge in [0, 0.05) is 32.1 Å². The smallest absolute Gasteiger partial charge is 0.138 e. The van der Waals surface area contributed by atoms with Crippen molar-refractivity contribution in [3.63, 3.8) is 0 Å². The molecule has 220 valence electrons. The van der Waals surface area contributed by atoms with Crippen LogP contribution in [0.3, 0.4) is 0 Å². The molecule has 6 rings (SSSR count). The number of fused-ring (bicyclic) bond motifs is 4. The van der Waals surface area contributed by atoms with Crippen LogP contribution in [0.5, 0.6) is 11.5 Å². The summed E-state index contributed by atoms with van der Waals surface area (Å²) in [5.41, 5.74) is 7.77. The fraction of sp³-hybridized carbons (Fsp3) is 0.263. The minimum absolute atomic E-state index is 0.891. The zero-order valence-electron chi connectivity index (χ0n) is 24.5. The van der Waals surface area contributed by atoms with Gasteiger partial charge in [-0.3, -0.25) is 0 Å². The van der Waals surface area contributed by atoms with Crippen LogP contribution < -0.4 is 4.74 Å². The summed E-state index contributed by atoms with van der Waals surface area (Å²) < 4.78 is 7.35. The third-order valence-corrected chi connectivity index (χ3v) is 10.3. The Morgan fingerprint density at radius 1 is 0.419 bits per heavy atom. The van der Waals surface area contributed by atoms with Gasteiger partial charge in [-0.2, -0.15) is 0 Å². The van der Waals surface area contributed by atoms with Gasteiger partial charge < -0.3 is 4.74 Å². The maximum absolute atomic E-state index is 7.35. The molecule has 0 atom stereocenters. The van der Waals surface area contributed by atoms with E-state index >= 15 is 0 Å². The van der Waals surface area contributed by atoms with Gasteiger partial charge in [0.2, 0.25) is 0 Å². The van der Waals surface area contributed by atoms with Gasteiger partial charge in [-0.25, -0.2) is 0 Å². The van der Waals surface area contributed by atoms with Crippen LogP contribution in [0.1, 0.15) is 33.4 Å². The molecule has 0 fully saturated rings. The highest BCUT2D eigenvalue weighted by Crippen LogP contribution is 2.46. The highest BCUT2D eigenvalue weighted by molar-refractivity contribution is 9.09. The van der Waals surface area contributed by atoms with Crippen molar-refractivity contribution >= 4 is 107 Å². The molecule has 0 bridgehead atoms. The fourth-order valence-electron chi connectivity index (χ4n) is 6.86. The Labute approximate surface area is 287 Å². The van der Waals surface area contributed by atoms with Crippen molar-refractivity contribution in [2.24, 2.45) is 0 Å². The van der Waals surface area contributed by atoms with Gasteiger partial charge in [-0.05, 0) is 105 Å². The minimum atomic E-state index is 0.891. The molecule has 1 nitrogen and oxygen atoms in total. The van der Waals surface area contributed by atoms with Crippen LogP contribution in [0.2, 0.25) is 0 Å². The molecule has 0 saturated carbocycles. The topological polar surface area (TPSA) is 9.23 Å². The second kappa shape index (κ2) is 13.6. The fourth-order valence-corrected chi connectivity index (χ4v) is 8.44. The van der Waals surface area contributed by atoms with E-state index in [-0.39, 0.29) is 0 Å². The number of alkyl halides is 4. The van der Waals surface area contributed by atoms with Gasteiger partial charge in [0.15, 0.2) is 0 Å². The molecule has 0 saturated heterocycles. The lowest BCUT2D eigenvalue weighted by Crippen LogP contribution is -2.03. The summed E-state index contributed by atoms with van der Waals surface area (Å²) in [6.07, 6.45) is 3.76. The van der Waals surface area contributed by atoms with Crippen LogP contribution in [-0.4, -0.2) is 21.3 Å². The van der Waals surface area contributed by atoms with Crippen LogP contribution in [-0.2, 0) is 25.7 Å². The van der Waals surface area contributed by atoms with Gasteiger partial charge in [0.05, 0.1) is 0 Å². The lowest BCUT2D eigenvalue weighted by molar-refractivity contribution is 0.486. The number of hydrogen-bond acceptors (Lipinski definition) is 1. The molecule has 5 heteroatoms. The molecule has 0 aromatic heterocycles. The maximum atomic E-state index is 7.35. The van der Waals surface area contributed by atoms with Gasteiger partial charge >= 0.3 is 0 Å². The van der Waals surface area contributed by atoms with Gasteiger partial charge in [-0.1, -0.05) is 137 Å². The Hall–Kier alpha value is -1.92. The van der Waals surface area contributed by atoms with Gasteiger partial charge in [0.1, 0.15) is 11.5 Å². The Balaban J connectivity index is 1.73. The van der Waals surface area contributed by atoms with Crippen molar-refractivity contribution in [3.8, 4) is 11.5 Å². The predicted molar refractivity (Wildman–Crippen MR) is 202 cm³/mol. The molecule has 6 aromatic carbocycles. The van der Waals surface area contributed by atoms with E-state index in [2.05, 4.69) is 150 Å². The molecule has 0 spiro atoms. The largest absolute Gasteiger partial charge is 0.455 e. The highest BCUT2D eigenvalue weighted by Gasteiger charge is 2.23. The molecule has 6 aromatic rings. The molecular weight excluding hydrogens is 792 g/mol. The first-order valence-electron chi connectivity index (χ1n) is 14.9. The van der Waals surface area contributed by atoms with E-state index in [1.807, 2.05) is 0 Å². The average Bonchev–Trinajstić information content (AvgIpc) is 3.02. The molecule has 0 amide bonds. The summed E-state index contributed by atoms with van der Waals surface area (Å²) in [6.45, 7) is 4.38. The van der Waals surface area contributed by atoms with Crippen molar-refractivity contribution < 1.29 is 4.74 Å². The summed E-state index contributed by atoms with van der Waals surface area (Å²) >= 11 is 15.0. The van der Waals surface area contributed by atoms with E-state index in [1.165, 1.54) is 65.3 Å². The first kappa shape index (κ1) is 31.1. The Morgan fingerprint density at radius 3 is 1.09 bits per heavy atom. The predicted octanol–water partition coefficient (Wildman–Crippen LogP) is 12.5. The van der Waals surface area contributed by atoms with Gasteiger partial charge in [0.25, 0.3) is 0 Å². The van der Waals surface area contributed by atoms with E-state index in [4.69, 9.17) is 4.74 Å². The molecule has 0 unspecified atom stereocenters. The lowest BCUT2D eigenvalue weighted by atomic mass is 9.87. The van der Waals surface area contributed by atoms with Crippen molar-refractivity contribution in [1.29, 1.82) is 0 Å². The molecular formula is C38H34Br4O. The van der Waals surface area contributed by atoms with Crippen LogP contribution in [0.15, 0.2) is 72.8 Å². The van der Waals surface area contributed by atoms with Crippen LogP contribution >= 0.6 is 63.7 Å². The molecule has 0 aliphatic heterocycles. The zero-order valence-corrected chi connectivity index (χ0v) is 30.8. The van der Waals surface area contributed by atoms with E-state index in [0.29, 0.717) is 0 Å². The number of aryl methyl sites for hydroxylation is 6. The number of halogens is 4. The number of ether oxygens (including phenoxy) is 1.